The van der Waals surface area contributed by atoms with Crippen LogP contribution in [0.15, 0.2) is 30.5 Å². The van der Waals surface area contributed by atoms with Gasteiger partial charge in [0.15, 0.2) is 11.6 Å². The molecule has 5 heteroatoms. The second-order valence-electron chi connectivity index (χ2n) is 3.92. The van der Waals surface area contributed by atoms with Gasteiger partial charge in [0.1, 0.15) is 0 Å². The lowest BCUT2D eigenvalue weighted by atomic mass is 10.1. The molecule has 4 nitrogen and oxygen atoms in total. The highest BCUT2D eigenvalue weighted by atomic mass is 19.1. The number of benzene rings is 1. The highest BCUT2D eigenvalue weighted by molar-refractivity contribution is 5.42. The lowest BCUT2D eigenvalue weighted by Gasteiger charge is -2.09. The third-order valence-electron chi connectivity index (χ3n) is 2.68. The van der Waals surface area contributed by atoms with Crippen LogP contribution in [0.2, 0.25) is 0 Å². The Bertz CT molecular complexity index is 542. The van der Waals surface area contributed by atoms with Crippen molar-refractivity contribution in [2.75, 3.05) is 17.7 Å². The van der Waals surface area contributed by atoms with Crippen molar-refractivity contribution in [3.63, 3.8) is 0 Å². The quantitative estimate of drug-likeness (QED) is 0.870. The van der Waals surface area contributed by atoms with Gasteiger partial charge in [-0.15, -0.1) is 0 Å². The maximum atomic E-state index is 13.5. The third-order valence-corrected chi connectivity index (χ3v) is 2.68. The molecule has 0 saturated carbocycles. The van der Waals surface area contributed by atoms with Crippen molar-refractivity contribution >= 4 is 11.8 Å². The van der Waals surface area contributed by atoms with Gasteiger partial charge in [0.05, 0.1) is 6.20 Å². The summed E-state index contributed by atoms with van der Waals surface area (Å²) in [4.78, 5) is 7.82. The van der Waals surface area contributed by atoms with Crippen molar-refractivity contribution in [1.82, 2.24) is 9.97 Å². The number of hydrogen-bond acceptors (Lipinski definition) is 4. The van der Waals surface area contributed by atoms with Gasteiger partial charge in [0.2, 0.25) is 5.95 Å². The van der Waals surface area contributed by atoms with Crippen LogP contribution in [0.25, 0.3) is 0 Å². The highest BCUT2D eigenvalue weighted by Crippen LogP contribution is 2.14. The molecular weight excluding hydrogens is 231 g/mol. The molecular formula is C13H15FN4. The van der Waals surface area contributed by atoms with E-state index in [-0.39, 0.29) is 5.82 Å². The summed E-state index contributed by atoms with van der Waals surface area (Å²) in [6.45, 7) is 2.55. The number of hydrogen-bond donors (Lipinski definition) is 2. The minimum Gasteiger partial charge on any atom is -0.363 e. The van der Waals surface area contributed by atoms with E-state index in [9.17, 15) is 4.39 Å². The summed E-state index contributed by atoms with van der Waals surface area (Å²) < 4.78 is 13.5. The molecule has 2 rings (SSSR count). The van der Waals surface area contributed by atoms with Gasteiger partial charge in [-0.25, -0.2) is 9.37 Å². The van der Waals surface area contributed by atoms with E-state index in [0.29, 0.717) is 12.5 Å². The molecule has 0 atom stereocenters. The van der Waals surface area contributed by atoms with Crippen molar-refractivity contribution in [2.24, 2.45) is 0 Å². The number of halogens is 1. The van der Waals surface area contributed by atoms with Gasteiger partial charge in [-0.05, 0) is 18.1 Å². The minimum absolute atomic E-state index is 0.206. The Hall–Kier alpha value is -2.17. The van der Waals surface area contributed by atoms with Gasteiger partial charge in [-0.2, -0.15) is 4.98 Å². The van der Waals surface area contributed by atoms with Gasteiger partial charge in [0.25, 0.3) is 0 Å². The predicted molar refractivity (Wildman–Crippen MR) is 70.0 cm³/mol. The fourth-order valence-electron chi connectivity index (χ4n) is 1.60. The van der Waals surface area contributed by atoms with E-state index in [4.69, 9.17) is 0 Å². The number of aromatic nitrogens is 2. The molecule has 0 bridgehead atoms. The zero-order valence-electron chi connectivity index (χ0n) is 10.4. The Morgan fingerprint density at radius 1 is 1.28 bits per heavy atom. The first-order chi connectivity index (χ1) is 8.70. The number of nitrogens with zero attached hydrogens (tertiary/aromatic N) is 2. The van der Waals surface area contributed by atoms with Gasteiger partial charge < -0.3 is 10.6 Å². The molecule has 1 heterocycles. The molecule has 0 saturated heterocycles. The molecule has 2 N–H and O–H groups in total. The van der Waals surface area contributed by atoms with Crippen LogP contribution in [-0.2, 0) is 6.54 Å². The summed E-state index contributed by atoms with van der Waals surface area (Å²) in [6.07, 6.45) is 1.15. The van der Waals surface area contributed by atoms with Gasteiger partial charge >= 0.3 is 0 Å². The van der Waals surface area contributed by atoms with Gasteiger partial charge in [-0.3, -0.25) is 0 Å². The number of rotatable bonds is 4. The Balaban J connectivity index is 2.13. The van der Waals surface area contributed by atoms with Gasteiger partial charge in [-0.1, -0.05) is 24.3 Å². The Morgan fingerprint density at radius 2 is 2.06 bits per heavy atom. The van der Waals surface area contributed by atoms with E-state index in [1.807, 2.05) is 31.2 Å². The van der Waals surface area contributed by atoms with Crippen LogP contribution in [0.3, 0.4) is 0 Å². The number of nitrogens with one attached hydrogen (secondary N) is 2. The van der Waals surface area contributed by atoms with E-state index in [2.05, 4.69) is 20.6 Å². The molecule has 2 aromatic rings. The van der Waals surface area contributed by atoms with Gasteiger partial charge in [0, 0.05) is 13.6 Å². The van der Waals surface area contributed by atoms with Crippen LogP contribution in [0.5, 0.6) is 0 Å². The fourth-order valence-corrected chi connectivity index (χ4v) is 1.60. The number of anilines is 2. The second kappa shape index (κ2) is 5.44. The first-order valence-corrected chi connectivity index (χ1v) is 5.69. The largest absolute Gasteiger partial charge is 0.363 e. The average Bonchev–Trinajstić information content (AvgIpc) is 2.39. The first kappa shape index (κ1) is 12.3. The molecule has 0 spiro atoms. The molecule has 0 amide bonds. The fraction of sp³-hybridized carbons (Fsp3) is 0.231. The standard InChI is InChI=1S/C13H15FN4/c1-9-5-3-4-6-10(9)7-16-12-11(14)8-17-13(15-2)18-12/h3-6,8H,7H2,1-2H3,(H2,15,16,17,18). The average molecular weight is 246 g/mol. The van der Waals surface area contributed by atoms with Crippen LogP contribution >= 0.6 is 0 Å². The van der Waals surface area contributed by atoms with E-state index in [1.54, 1.807) is 7.05 Å². The van der Waals surface area contributed by atoms with E-state index in [0.717, 1.165) is 17.3 Å². The SMILES string of the molecule is CNc1ncc(F)c(NCc2ccccc2C)n1. The summed E-state index contributed by atoms with van der Waals surface area (Å²) in [5, 5.41) is 5.75. The molecule has 1 aromatic heterocycles. The predicted octanol–water partition coefficient (Wildman–Crippen LogP) is 2.58. The van der Waals surface area contributed by atoms with E-state index in [1.165, 1.54) is 0 Å². The van der Waals surface area contributed by atoms with Crippen molar-refractivity contribution in [3.8, 4) is 0 Å². The van der Waals surface area contributed by atoms with Crippen molar-refractivity contribution in [2.45, 2.75) is 13.5 Å². The van der Waals surface area contributed by atoms with Crippen LogP contribution in [0.4, 0.5) is 16.2 Å². The second-order valence-corrected chi connectivity index (χ2v) is 3.92. The Kier molecular flexibility index (Phi) is 3.72. The number of aryl methyl sites for hydroxylation is 1. The van der Waals surface area contributed by atoms with Crippen LogP contribution in [-0.4, -0.2) is 17.0 Å². The molecule has 18 heavy (non-hydrogen) atoms. The zero-order valence-corrected chi connectivity index (χ0v) is 10.4. The molecule has 0 fully saturated rings. The first-order valence-electron chi connectivity index (χ1n) is 5.69. The van der Waals surface area contributed by atoms with Crippen LogP contribution < -0.4 is 10.6 Å². The Morgan fingerprint density at radius 3 is 2.78 bits per heavy atom. The molecule has 0 aliphatic heterocycles. The topological polar surface area (TPSA) is 49.8 Å². The molecule has 0 aliphatic carbocycles. The van der Waals surface area contributed by atoms with Crippen molar-refractivity contribution in [3.05, 3.63) is 47.4 Å². The third kappa shape index (κ3) is 2.74. The van der Waals surface area contributed by atoms with Crippen molar-refractivity contribution < 1.29 is 4.39 Å². The lowest BCUT2D eigenvalue weighted by molar-refractivity contribution is 0.617. The minimum atomic E-state index is -0.456. The summed E-state index contributed by atoms with van der Waals surface area (Å²) >= 11 is 0. The maximum absolute atomic E-state index is 13.5. The molecule has 0 radical (unpaired) electrons. The molecule has 0 aliphatic rings. The summed E-state index contributed by atoms with van der Waals surface area (Å²) in [7, 11) is 1.69. The molecule has 94 valence electrons. The van der Waals surface area contributed by atoms with Crippen molar-refractivity contribution in [1.29, 1.82) is 0 Å². The monoisotopic (exact) mass is 246 g/mol. The summed E-state index contributed by atoms with van der Waals surface area (Å²) in [6, 6.07) is 7.95. The van der Waals surface area contributed by atoms with Crippen LogP contribution in [0, 0.1) is 12.7 Å². The normalized spacial score (nSPS) is 10.2. The summed E-state index contributed by atoms with van der Waals surface area (Å²) in [5.41, 5.74) is 2.27. The van der Waals surface area contributed by atoms with Crippen LogP contribution in [0.1, 0.15) is 11.1 Å². The maximum Gasteiger partial charge on any atom is 0.224 e. The molecule has 0 unspecified atom stereocenters. The summed E-state index contributed by atoms with van der Waals surface area (Å²) in [5.74, 6) is 0.142. The zero-order chi connectivity index (χ0) is 13.0. The Labute approximate surface area is 105 Å². The van der Waals surface area contributed by atoms with E-state index >= 15 is 0 Å². The molecule has 1 aromatic carbocycles. The lowest BCUT2D eigenvalue weighted by Crippen LogP contribution is -2.07. The highest BCUT2D eigenvalue weighted by Gasteiger charge is 2.06. The smallest absolute Gasteiger partial charge is 0.224 e. The van der Waals surface area contributed by atoms with E-state index < -0.39 is 5.82 Å².